The second-order valence-corrected chi connectivity index (χ2v) is 6.57. The number of aromatic nitrogens is 4. The zero-order chi connectivity index (χ0) is 19.5. The standard InChI is InChI=1S/C19H20N8O/c20-10-14-2-3-16-23-12-15(27(16)13-14)19-22-5-4-17(24-19)25-6-1-7-26(9-8-25)18(28)11-21/h2-5,12-13H,1,6-9,11,21H2. The van der Waals surface area contributed by atoms with E-state index in [4.69, 9.17) is 16.0 Å². The van der Waals surface area contributed by atoms with Crippen LogP contribution in [-0.4, -0.2) is 62.9 Å². The van der Waals surface area contributed by atoms with Gasteiger partial charge in [0.1, 0.15) is 23.2 Å². The van der Waals surface area contributed by atoms with Crippen molar-refractivity contribution in [3.05, 3.63) is 42.4 Å². The van der Waals surface area contributed by atoms with E-state index in [0.717, 1.165) is 30.1 Å². The molecule has 0 unspecified atom stereocenters. The van der Waals surface area contributed by atoms with E-state index in [9.17, 15) is 4.79 Å². The van der Waals surface area contributed by atoms with E-state index >= 15 is 0 Å². The number of fused-ring (bicyclic) bond motifs is 1. The third-order valence-corrected chi connectivity index (χ3v) is 4.85. The minimum atomic E-state index is -0.0238. The number of hydrogen-bond donors (Lipinski definition) is 1. The van der Waals surface area contributed by atoms with Crippen LogP contribution in [-0.2, 0) is 4.79 Å². The summed E-state index contributed by atoms with van der Waals surface area (Å²) < 4.78 is 1.82. The normalized spacial score (nSPS) is 14.7. The Morgan fingerprint density at radius 3 is 2.89 bits per heavy atom. The number of carbonyl (C=O) groups excluding carboxylic acids is 1. The fourth-order valence-electron chi connectivity index (χ4n) is 3.39. The highest BCUT2D eigenvalue weighted by molar-refractivity contribution is 5.78. The molecule has 0 aliphatic carbocycles. The molecule has 0 saturated carbocycles. The first-order valence-corrected chi connectivity index (χ1v) is 9.13. The molecule has 9 nitrogen and oxygen atoms in total. The molecule has 1 fully saturated rings. The number of amides is 1. The van der Waals surface area contributed by atoms with Crippen LogP contribution in [0.25, 0.3) is 17.2 Å². The molecule has 9 heteroatoms. The number of nitrogens with zero attached hydrogens (tertiary/aromatic N) is 7. The second kappa shape index (κ2) is 7.62. The van der Waals surface area contributed by atoms with Crippen LogP contribution >= 0.6 is 0 Å². The monoisotopic (exact) mass is 376 g/mol. The first kappa shape index (κ1) is 17.9. The topological polar surface area (TPSA) is 116 Å². The summed E-state index contributed by atoms with van der Waals surface area (Å²) in [4.78, 5) is 29.3. The Morgan fingerprint density at radius 1 is 1.18 bits per heavy atom. The summed E-state index contributed by atoms with van der Waals surface area (Å²) in [5.74, 6) is 1.32. The SMILES string of the molecule is N#Cc1ccc2ncc(-c3nccc(N4CCCN(C(=O)CN)CC4)n3)n2c1. The van der Waals surface area contributed by atoms with Gasteiger partial charge in [-0.25, -0.2) is 15.0 Å². The third kappa shape index (κ3) is 3.37. The Balaban J connectivity index is 1.62. The van der Waals surface area contributed by atoms with Crippen LogP contribution in [0.2, 0.25) is 0 Å². The number of pyridine rings is 1. The molecule has 1 saturated heterocycles. The van der Waals surface area contributed by atoms with E-state index in [2.05, 4.69) is 20.9 Å². The quantitative estimate of drug-likeness (QED) is 0.714. The lowest BCUT2D eigenvalue weighted by molar-refractivity contribution is -0.129. The van der Waals surface area contributed by atoms with E-state index in [1.165, 1.54) is 0 Å². The average Bonchev–Trinajstić information content (AvgIpc) is 3.00. The molecule has 0 spiro atoms. The highest BCUT2D eigenvalue weighted by Gasteiger charge is 2.20. The van der Waals surface area contributed by atoms with E-state index in [0.29, 0.717) is 31.0 Å². The van der Waals surface area contributed by atoms with Gasteiger partial charge in [0.2, 0.25) is 5.91 Å². The first-order valence-electron chi connectivity index (χ1n) is 9.13. The van der Waals surface area contributed by atoms with Crippen molar-refractivity contribution < 1.29 is 4.79 Å². The second-order valence-electron chi connectivity index (χ2n) is 6.57. The van der Waals surface area contributed by atoms with Crippen molar-refractivity contribution >= 4 is 17.4 Å². The Hall–Kier alpha value is -3.51. The molecule has 142 valence electrons. The highest BCUT2D eigenvalue weighted by atomic mass is 16.2. The van der Waals surface area contributed by atoms with Gasteiger partial charge < -0.3 is 15.5 Å². The fourth-order valence-corrected chi connectivity index (χ4v) is 3.39. The molecule has 1 aliphatic heterocycles. The third-order valence-electron chi connectivity index (χ3n) is 4.85. The number of imidazole rings is 1. The van der Waals surface area contributed by atoms with Crippen molar-refractivity contribution in [3.8, 4) is 17.6 Å². The van der Waals surface area contributed by atoms with Crippen LogP contribution in [0.5, 0.6) is 0 Å². The maximum atomic E-state index is 11.9. The number of anilines is 1. The van der Waals surface area contributed by atoms with Gasteiger partial charge >= 0.3 is 0 Å². The lowest BCUT2D eigenvalue weighted by Gasteiger charge is -2.22. The Bertz CT molecular complexity index is 1050. The molecule has 3 aromatic rings. The van der Waals surface area contributed by atoms with Crippen LogP contribution in [0.15, 0.2) is 36.8 Å². The highest BCUT2D eigenvalue weighted by Crippen LogP contribution is 2.21. The fraction of sp³-hybridized carbons (Fsp3) is 0.316. The smallest absolute Gasteiger partial charge is 0.236 e. The van der Waals surface area contributed by atoms with Gasteiger partial charge in [-0.05, 0) is 24.6 Å². The van der Waals surface area contributed by atoms with Crippen molar-refractivity contribution in [2.24, 2.45) is 5.73 Å². The molecule has 28 heavy (non-hydrogen) atoms. The van der Waals surface area contributed by atoms with Crippen LogP contribution < -0.4 is 10.6 Å². The Morgan fingerprint density at radius 2 is 2.07 bits per heavy atom. The maximum Gasteiger partial charge on any atom is 0.236 e. The van der Waals surface area contributed by atoms with Crippen molar-refractivity contribution in [2.45, 2.75) is 6.42 Å². The van der Waals surface area contributed by atoms with Crippen LogP contribution in [0, 0.1) is 11.3 Å². The predicted octanol–water partition coefficient (Wildman–Crippen LogP) is 0.660. The average molecular weight is 376 g/mol. The van der Waals surface area contributed by atoms with Gasteiger partial charge in [-0.2, -0.15) is 5.26 Å². The van der Waals surface area contributed by atoms with Gasteiger partial charge in [-0.15, -0.1) is 0 Å². The first-order chi connectivity index (χ1) is 13.7. The summed E-state index contributed by atoms with van der Waals surface area (Å²) >= 11 is 0. The number of carbonyl (C=O) groups is 1. The molecule has 3 aromatic heterocycles. The van der Waals surface area contributed by atoms with E-state index < -0.39 is 0 Å². The van der Waals surface area contributed by atoms with Gasteiger partial charge in [-0.3, -0.25) is 9.20 Å². The largest absolute Gasteiger partial charge is 0.355 e. The van der Waals surface area contributed by atoms with Gasteiger partial charge in [0.05, 0.1) is 18.3 Å². The number of nitrogens with two attached hydrogens (primary N) is 1. The van der Waals surface area contributed by atoms with Gasteiger partial charge in [-0.1, -0.05) is 0 Å². The maximum absolute atomic E-state index is 11.9. The van der Waals surface area contributed by atoms with E-state index in [-0.39, 0.29) is 12.5 Å². The molecule has 0 bridgehead atoms. The van der Waals surface area contributed by atoms with E-state index in [1.54, 1.807) is 35.6 Å². The summed E-state index contributed by atoms with van der Waals surface area (Å²) in [6, 6.07) is 7.53. The minimum Gasteiger partial charge on any atom is -0.355 e. The zero-order valence-electron chi connectivity index (χ0n) is 15.3. The van der Waals surface area contributed by atoms with Crippen molar-refractivity contribution in [1.29, 1.82) is 5.26 Å². The summed E-state index contributed by atoms with van der Waals surface area (Å²) in [6.45, 7) is 2.85. The van der Waals surface area contributed by atoms with Crippen molar-refractivity contribution in [3.63, 3.8) is 0 Å². The molecule has 4 heterocycles. The van der Waals surface area contributed by atoms with Gasteiger partial charge in [0.25, 0.3) is 0 Å². The molecular formula is C19H20N8O. The number of rotatable bonds is 3. The summed E-state index contributed by atoms with van der Waals surface area (Å²) in [6.07, 6.45) is 6.01. The molecule has 0 atom stereocenters. The van der Waals surface area contributed by atoms with Gasteiger partial charge in [0.15, 0.2) is 5.82 Å². The lowest BCUT2D eigenvalue weighted by atomic mass is 10.3. The predicted molar refractivity (Wildman–Crippen MR) is 103 cm³/mol. The van der Waals surface area contributed by atoms with Crippen LogP contribution in [0.4, 0.5) is 5.82 Å². The Kier molecular flexibility index (Phi) is 4.87. The zero-order valence-corrected chi connectivity index (χ0v) is 15.3. The lowest BCUT2D eigenvalue weighted by Crippen LogP contribution is -2.38. The minimum absolute atomic E-state index is 0.0238. The summed E-state index contributed by atoms with van der Waals surface area (Å²) in [5.41, 5.74) is 7.48. The van der Waals surface area contributed by atoms with Crippen molar-refractivity contribution in [2.75, 3.05) is 37.6 Å². The molecule has 2 N–H and O–H groups in total. The van der Waals surface area contributed by atoms with Crippen molar-refractivity contribution in [1.82, 2.24) is 24.3 Å². The van der Waals surface area contributed by atoms with E-state index in [1.807, 2.05) is 10.5 Å². The number of hydrogen-bond acceptors (Lipinski definition) is 7. The molecule has 0 aromatic carbocycles. The molecule has 1 aliphatic rings. The molecule has 4 rings (SSSR count). The van der Waals surface area contributed by atoms with Crippen LogP contribution in [0.3, 0.4) is 0 Å². The summed E-state index contributed by atoms with van der Waals surface area (Å²) in [5, 5.41) is 9.16. The van der Waals surface area contributed by atoms with Gasteiger partial charge in [0, 0.05) is 38.6 Å². The number of nitriles is 1. The summed E-state index contributed by atoms with van der Waals surface area (Å²) in [7, 11) is 0. The molecular weight excluding hydrogens is 356 g/mol. The Labute approximate surface area is 162 Å². The molecule has 0 radical (unpaired) electrons. The van der Waals surface area contributed by atoms with Crippen LogP contribution in [0.1, 0.15) is 12.0 Å². The molecule has 1 amide bonds.